The highest BCUT2D eigenvalue weighted by atomic mass is 16.7. The number of nitrogens with zero attached hydrogens (tertiary/aromatic N) is 1. The number of fused-ring (bicyclic) bond motifs is 2. The number of methoxy groups -OCH3 is 1. The number of amides is 1. The van der Waals surface area contributed by atoms with Crippen LogP contribution in [0.3, 0.4) is 0 Å². The van der Waals surface area contributed by atoms with Crippen LogP contribution < -0.4 is 14.8 Å². The van der Waals surface area contributed by atoms with Gasteiger partial charge in [-0.3, -0.25) is 4.79 Å². The molecule has 122 valence electrons. The van der Waals surface area contributed by atoms with E-state index in [1.807, 2.05) is 18.2 Å². The van der Waals surface area contributed by atoms with Gasteiger partial charge in [0.25, 0.3) is 5.91 Å². The Hall–Kier alpha value is -3.06. The number of imidazole rings is 1. The van der Waals surface area contributed by atoms with Gasteiger partial charge in [0, 0.05) is 18.4 Å². The van der Waals surface area contributed by atoms with Crippen molar-refractivity contribution in [2.24, 2.45) is 0 Å². The lowest BCUT2D eigenvalue weighted by Crippen LogP contribution is -2.11. The summed E-state index contributed by atoms with van der Waals surface area (Å²) >= 11 is 0. The summed E-state index contributed by atoms with van der Waals surface area (Å²) in [6, 6.07) is 10.6. The van der Waals surface area contributed by atoms with Gasteiger partial charge in [-0.05, 0) is 36.4 Å². The van der Waals surface area contributed by atoms with Crippen LogP contribution in [0.2, 0.25) is 0 Å². The van der Waals surface area contributed by atoms with Crippen molar-refractivity contribution in [1.29, 1.82) is 0 Å². The zero-order valence-electron chi connectivity index (χ0n) is 13.0. The van der Waals surface area contributed by atoms with Gasteiger partial charge in [0.15, 0.2) is 11.5 Å². The molecular formula is C17H15N3O4. The monoisotopic (exact) mass is 325 g/mol. The molecule has 7 heteroatoms. The number of aromatic nitrogens is 2. The summed E-state index contributed by atoms with van der Waals surface area (Å²) in [4.78, 5) is 20.0. The lowest BCUT2D eigenvalue weighted by Gasteiger charge is -2.06. The summed E-state index contributed by atoms with van der Waals surface area (Å²) < 4.78 is 15.6. The molecule has 0 saturated carbocycles. The molecule has 0 saturated heterocycles. The quantitative estimate of drug-likeness (QED) is 0.770. The van der Waals surface area contributed by atoms with E-state index in [1.165, 1.54) is 0 Å². The van der Waals surface area contributed by atoms with E-state index in [2.05, 4.69) is 15.3 Å². The SMILES string of the molecule is COCc1nc2ccc(NC(=O)c3ccc4c(c3)OCO4)cc2[nH]1. The maximum Gasteiger partial charge on any atom is 0.255 e. The van der Waals surface area contributed by atoms with Gasteiger partial charge >= 0.3 is 0 Å². The molecule has 0 spiro atoms. The molecule has 0 bridgehead atoms. The second-order valence-corrected chi connectivity index (χ2v) is 5.37. The maximum absolute atomic E-state index is 12.4. The Balaban J connectivity index is 1.55. The van der Waals surface area contributed by atoms with Crippen LogP contribution in [0.25, 0.3) is 11.0 Å². The Morgan fingerprint density at radius 2 is 2.12 bits per heavy atom. The Labute approximate surface area is 137 Å². The standard InChI is InChI=1S/C17H15N3O4/c1-22-8-16-19-12-4-3-11(7-13(12)20-16)18-17(21)10-2-5-14-15(6-10)24-9-23-14/h2-7H,8-9H2,1H3,(H,18,21)(H,19,20). The van der Waals surface area contributed by atoms with Crippen LogP contribution in [-0.2, 0) is 11.3 Å². The number of nitrogens with one attached hydrogen (secondary N) is 2. The zero-order valence-corrected chi connectivity index (χ0v) is 13.0. The van der Waals surface area contributed by atoms with Crippen molar-refractivity contribution in [3.8, 4) is 11.5 Å². The smallest absolute Gasteiger partial charge is 0.255 e. The number of anilines is 1. The van der Waals surface area contributed by atoms with E-state index in [0.29, 0.717) is 29.4 Å². The molecule has 1 aromatic heterocycles. The third-order valence-corrected chi connectivity index (χ3v) is 3.70. The molecule has 0 aliphatic carbocycles. The normalized spacial score (nSPS) is 12.5. The molecule has 0 radical (unpaired) electrons. The molecule has 7 nitrogen and oxygen atoms in total. The summed E-state index contributed by atoms with van der Waals surface area (Å²) in [5.41, 5.74) is 2.84. The van der Waals surface area contributed by atoms with E-state index >= 15 is 0 Å². The molecule has 2 heterocycles. The second-order valence-electron chi connectivity index (χ2n) is 5.37. The molecule has 0 fully saturated rings. The third-order valence-electron chi connectivity index (χ3n) is 3.70. The molecule has 24 heavy (non-hydrogen) atoms. The van der Waals surface area contributed by atoms with Crippen LogP contribution in [0.1, 0.15) is 16.2 Å². The van der Waals surface area contributed by atoms with Crippen LogP contribution >= 0.6 is 0 Å². The van der Waals surface area contributed by atoms with Crippen LogP contribution in [0.5, 0.6) is 11.5 Å². The van der Waals surface area contributed by atoms with Crippen molar-refractivity contribution >= 4 is 22.6 Å². The Morgan fingerprint density at radius 1 is 1.25 bits per heavy atom. The number of aromatic amines is 1. The number of carbonyl (C=O) groups excluding carboxylic acids is 1. The lowest BCUT2D eigenvalue weighted by molar-refractivity contribution is 0.102. The van der Waals surface area contributed by atoms with Gasteiger partial charge < -0.3 is 24.5 Å². The Morgan fingerprint density at radius 3 is 3.00 bits per heavy atom. The highest BCUT2D eigenvalue weighted by Gasteiger charge is 2.16. The van der Waals surface area contributed by atoms with Crippen LogP contribution in [0.15, 0.2) is 36.4 Å². The first-order valence-corrected chi connectivity index (χ1v) is 7.41. The van der Waals surface area contributed by atoms with Gasteiger partial charge in [-0.15, -0.1) is 0 Å². The molecule has 2 aromatic carbocycles. The predicted molar refractivity (Wildman–Crippen MR) is 87.3 cm³/mol. The number of ether oxygens (including phenoxy) is 3. The van der Waals surface area contributed by atoms with Crippen molar-refractivity contribution in [2.75, 3.05) is 19.2 Å². The number of hydrogen-bond donors (Lipinski definition) is 2. The number of hydrogen-bond acceptors (Lipinski definition) is 5. The number of H-pyrrole nitrogens is 1. The van der Waals surface area contributed by atoms with E-state index in [0.717, 1.165) is 16.9 Å². The zero-order chi connectivity index (χ0) is 16.5. The largest absolute Gasteiger partial charge is 0.454 e. The van der Waals surface area contributed by atoms with E-state index in [9.17, 15) is 4.79 Å². The van der Waals surface area contributed by atoms with Crippen molar-refractivity contribution in [3.05, 3.63) is 47.8 Å². The molecule has 1 aliphatic heterocycles. The van der Waals surface area contributed by atoms with Gasteiger partial charge in [-0.25, -0.2) is 4.98 Å². The minimum absolute atomic E-state index is 0.181. The first-order chi connectivity index (χ1) is 11.7. The molecule has 1 aliphatic rings. The van der Waals surface area contributed by atoms with Gasteiger partial charge in [-0.2, -0.15) is 0 Å². The molecule has 4 rings (SSSR count). The van der Waals surface area contributed by atoms with Crippen LogP contribution in [-0.4, -0.2) is 29.8 Å². The number of rotatable bonds is 4. The van der Waals surface area contributed by atoms with Crippen molar-refractivity contribution < 1.29 is 19.0 Å². The first-order valence-electron chi connectivity index (χ1n) is 7.41. The summed E-state index contributed by atoms with van der Waals surface area (Å²) in [5.74, 6) is 1.75. The van der Waals surface area contributed by atoms with Gasteiger partial charge in [0.1, 0.15) is 12.4 Å². The Bertz CT molecular complexity index is 919. The van der Waals surface area contributed by atoms with Gasteiger partial charge in [0.05, 0.1) is 11.0 Å². The molecule has 3 aromatic rings. The molecule has 2 N–H and O–H groups in total. The highest BCUT2D eigenvalue weighted by molar-refractivity contribution is 6.05. The van der Waals surface area contributed by atoms with E-state index in [1.54, 1.807) is 25.3 Å². The van der Waals surface area contributed by atoms with Crippen LogP contribution in [0.4, 0.5) is 5.69 Å². The minimum atomic E-state index is -0.218. The lowest BCUT2D eigenvalue weighted by atomic mass is 10.2. The summed E-state index contributed by atoms with van der Waals surface area (Å²) in [6.45, 7) is 0.592. The van der Waals surface area contributed by atoms with E-state index in [4.69, 9.17) is 14.2 Å². The molecular weight excluding hydrogens is 310 g/mol. The summed E-state index contributed by atoms with van der Waals surface area (Å²) in [7, 11) is 1.62. The minimum Gasteiger partial charge on any atom is -0.454 e. The molecule has 0 atom stereocenters. The van der Waals surface area contributed by atoms with Gasteiger partial charge in [-0.1, -0.05) is 0 Å². The predicted octanol–water partition coefficient (Wildman–Crippen LogP) is 2.69. The summed E-state index contributed by atoms with van der Waals surface area (Å²) in [5, 5.41) is 2.87. The summed E-state index contributed by atoms with van der Waals surface area (Å²) in [6.07, 6.45) is 0. The fourth-order valence-electron chi connectivity index (χ4n) is 2.59. The van der Waals surface area contributed by atoms with E-state index < -0.39 is 0 Å². The topological polar surface area (TPSA) is 85.5 Å². The molecule has 1 amide bonds. The van der Waals surface area contributed by atoms with E-state index in [-0.39, 0.29) is 12.7 Å². The average Bonchev–Trinajstić information content (AvgIpc) is 3.19. The van der Waals surface area contributed by atoms with Crippen molar-refractivity contribution in [1.82, 2.24) is 9.97 Å². The fourth-order valence-corrected chi connectivity index (χ4v) is 2.59. The first kappa shape index (κ1) is 14.5. The number of benzene rings is 2. The third kappa shape index (κ3) is 2.65. The number of carbonyl (C=O) groups is 1. The van der Waals surface area contributed by atoms with Crippen molar-refractivity contribution in [3.63, 3.8) is 0 Å². The van der Waals surface area contributed by atoms with Crippen molar-refractivity contribution in [2.45, 2.75) is 6.61 Å². The fraction of sp³-hybridized carbons (Fsp3) is 0.176. The van der Waals surface area contributed by atoms with Crippen LogP contribution in [0, 0.1) is 0 Å². The molecule has 0 unspecified atom stereocenters. The van der Waals surface area contributed by atoms with Gasteiger partial charge in [0.2, 0.25) is 6.79 Å². The Kier molecular flexibility index (Phi) is 3.55. The second kappa shape index (κ2) is 5.86. The maximum atomic E-state index is 12.4. The highest BCUT2D eigenvalue weighted by Crippen LogP contribution is 2.32. The average molecular weight is 325 g/mol.